The molecular formula is C13H17N3O2S. The lowest BCUT2D eigenvalue weighted by molar-refractivity contribution is 0.240. The lowest BCUT2D eigenvalue weighted by Gasteiger charge is -2.26. The van der Waals surface area contributed by atoms with Crippen LogP contribution in [0.1, 0.15) is 19.3 Å². The molecule has 19 heavy (non-hydrogen) atoms. The minimum absolute atomic E-state index is 0.165. The van der Waals surface area contributed by atoms with Crippen LogP contribution in [-0.4, -0.2) is 23.7 Å². The van der Waals surface area contributed by atoms with Crippen LogP contribution in [0.2, 0.25) is 0 Å². The molecule has 1 saturated carbocycles. The van der Waals surface area contributed by atoms with Gasteiger partial charge in [-0.15, -0.1) is 0 Å². The number of carbonyl (C=O) groups is 1. The topological polar surface area (TPSA) is 76.4 Å². The highest BCUT2D eigenvalue weighted by atomic mass is 32.1. The number of thiocarbonyl (C=S) groups is 1. The van der Waals surface area contributed by atoms with Crippen LogP contribution in [0.25, 0.3) is 0 Å². The van der Waals surface area contributed by atoms with Gasteiger partial charge in [-0.2, -0.15) is 0 Å². The van der Waals surface area contributed by atoms with E-state index in [1.807, 2.05) is 0 Å². The Labute approximate surface area is 117 Å². The number of anilines is 1. The zero-order chi connectivity index (χ0) is 13.7. The van der Waals surface area contributed by atoms with E-state index in [1.165, 1.54) is 6.42 Å². The molecule has 0 unspecified atom stereocenters. The van der Waals surface area contributed by atoms with Gasteiger partial charge in [0.1, 0.15) is 17.3 Å². The van der Waals surface area contributed by atoms with Crippen molar-refractivity contribution in [1.29, 1.82) is 0 Å². The zero-order valence-electron chi connectivity index (χ0n) is 10.5. The monoisotopic (exact) mass is 279 g/mol. The molecular weight excluding hydrogens is 262 g/mol. The summed E-state index contributed by atoms with van der Waals surface area (Å²) in [6.07, 6.45) is 3.33. The van der Waals surface area contributed by atoms with Crippen molar-refractivity contribution in [3.63, 3.8) is 0 Å². The van der Waals surface area contributed by atoms with Crippen LogP contribution in [0.5, 0.6) is 5.75 Å². The smallest absolute Gasteiger partial charge is 0.319 e. The molecule has 0 saturated heterocycles. The van der Waals surface area contributed by atoms with Gasteiger partial charge in [0.15, 0.2) is 0 Å². The van der Waals surface area contributed by atoms with Crippen molar-refractivity contribution >= 4 is 28.9 Å². The number of amides is 2. The standard InChI is InChI=1S/C13H17N3O2S/c14-12(19)8-18-11-6-4-10(5-7-11)16-13(17)15-9-2-1-3-9/h4-7,9H,1-3,8H2,(H2,14,19)(H2,15,16,17). The summed E-state index contributed by atoms with van der Waals surface area (Å²) in [5.74, 6) is 0.665. The molecule has 1 aromatic rings. The highest BCUT2D eigenvalue weighted by Gasteiger charge is 2.19. The third-order valence-electron chi connectivity index (χ3n) is 2.93. The van der Waals surface area contributed by atoms with Crippen molar-refractivity contribution in [2.24, 2.45) is 5.73 Å². The van der Waals surface area contributed by atoms with Crippen LogP contribution in [0.3, 0.4) is 0 Å². The number of urea groups is 1. The molecule has 1 aromatic carbocycles. The van der Waals surface area contributed by atoms with Crippen LogP contribution in [0.4, 0.5) is 10.5 Å². The molecule has 0 atom stereocenters. The molecule has 5 nitrogen and oxygen atoms in total. The van der Waals surface area contributed by atoms with E-state index in [0.29, 0.717) is 16.8 Å². The molecule has 6 heteroatoms. The molecule has 1 aliphatic carbocycles. The largest absolute Gasteiger partial charge is 0.487 e. The lowest BCUT2D eigenvalue weighted by Crippen LogP contribution is -2.41. The Kier molecular flexibility index (Phi) is 4.57. The summed E-state index contributed by atoms with van der Waals surface area (Å²) in [6, 6.07) is 7.23. The van der Waals surface area contributed by atoms with Gasteiger partial charge in [-0.25, -0.2) is 4.79 Å². The van der Waals surface area contributed by atoms with Crippen molar-refractivity contribution in [2.75, 3.05) is 11.9 Å². The average Bonchev–Trinajstić information content (AvgIpc) is 2.33. The van der Waals surface area contributed by atoms with E-state index in [2.05, 4.69) is 10.6 Å². The molecule has 102 valence electrons. The van der Waals surface area contributed by atoms with Gasteiger partial charge >= 0.3 is 6.03 Å². The van der Waals surface area contributed by atoms with E-state index < -0.39 is 0 Å². The lowest BCUT2D eigenvalue weighted by atomic mass is 9.93. The van der Waals surface area contributed by atoms with Crippen molar-refractivity contribution in [3.05, 3.63) is 24.3 Å². The highest BCUT2D eigenvalue weighted by Crippen LogP contribution is 2.19. The summed E-state index contributed by atoms with van der Waals surface area (Å²) in [5, 5.41) is 5.68. The molecule has 1 fully saturated rings. The van der Waals surface area contributed by atoms with Crippen LogP contribution < -0.4 is 21.1 Å². The Balaban J connectivity index is 1.80. The molecule has 0 aliphatic heterocycles. The van der Waals surface area contributed by atoms with Crippen LogP contribution in [0.15, 0.2) is 24.3 Å². The number of benzene rings is 1. The first-order chi connectivity index (χ1) is 9.13. The van der Waals surface area contributed by atoms with Gasteiger partial charge in [-0.3, -0.25) is 0 Å². The predicted octanol–water partition coefficient (Wildman–Crippen LogP) is 2.03. The maximum Gasteiger partial charge on any atom is 0.319 e. The minimum atomic E-state index is -0.165. The van der Waals surface area contributed by atoms with Crippen molar-refractivity contribution < 1.29 is 9.53 Å². The molecule has 1 aliphatic rings. The number of rotatable bonds is 5. The first-order valence-corrected chi connectivity index (χ1v) is 6.63. The zero-order valence-corrected chi connectivity index (χ0v) is 11.3. The number of hydrogen-bond donors (Lipinski definition) is 3. The van der Waals surface area contributed by atoms with Crippen LogP contribution in [-0.2, 0) is 0 Å². The summed E-state index contributed by atoms with van der Waals surface area (Å²) in [5.41, 5.74) is 6.06. The van der Waals surface area contributed by atoms with Gasteiger partial charge in [0, 0.05) is 11.7 Å². The number of nitrogens with two attached hydrogens (primary N) is 1. The predicted molar refractivity (Wildman–Crippen MR) is 78.5 cm³/mol. The second kappa shape index (κ2) is 6.38. The Morgan fingerprint density at radius 3 is 2.58 bits per heavy atom. The summed E-state index contributed by atoms with van der Waals surface area (Å²) < 4.78 is 5.32. The highest BCUT2D eigenvalue weighted by molar-refractivity contribution is 7.80. The van der Waals surface area contributed by atoms with Gasteiger partial charge in [-0.1, -0.05) is 12.2 Å². The van der Waals surface area contributed by atoms with Crippen molar-refractivity contribution in [2.45, 2.75) is 25.3 Å². The number of hydrogen-bond acceptors (Lipinski definition) is 3. The molecule has 0 heterocycles. The van der Waals surface area contributed by atoms with E-state index in [-0.39, 0.29) is 12.6 Å². The second-order valence-corrected chi connectivity index (χ2v) is 5.03. The molecule has 2 amide bonds. The van der Waals surface area contributed by atoms with Gasteiger partial charge in [-0.05, 0) is 43.5 Å². The van der Waals surface area contributed by atoms with Crippen LogP contribution >= 0.6 is 12.2 Å². The fraction of sp³-hybridized carbons (Fsp3) is 0.385. The first-order valence-electron chi connectivity index (χ1n) is 6.22. The third-order valence-corrected chi connectivity index (χ3v) is 3.05. The number of carbonyl (C=O) groups excluding carboxylic acids is 1. The molecule has 2 rings (SSSR count). The second-order valence-electron chi connectivity index (χ2n) is 4.51. The Morgan fingerprint density at radius 2 is 2.05 bits per heavy atom. The Morgan fingerprint density at radius 1 is 1.37 bits per heavy atom. The SMILES string of the molecule is NC(=S)COc1ccc(NC(=O)NC2CCC2)cc1. The van der Waals surface area contributed by atoms with E-state index in [4.69, 9.17) is 22.7 Å². The molecule has 0 aromatic heterocycles. The summed E-state index contributed by atoms with van der Waals surface area (Å²) >= 11 is 4.72. The molecule has 0 spiro atoms. The maximum atomic E-state index is 11.6. The van der Waals surface area contributed by atoms with Gasteiger partial charge in [0.25, 0.3) is 0 Å². The van der Waals surface area contributed by atoms with Crippen molar-refractivity contribution in [3.8, 4) is 5.75 Å². The summed E-state index contributed by atoms with van der Waals surface area (Å²) in [4.78, 5) is 11.9. The fourth-order valence-corrected chi connectivity index (χ4v) is 1.75. The average molecular weight is 279 g/mol. The van der Waals surface area contributed by atoms with Crippen molar-refractivity contribution in [1.82, 2.24) is 5.32 Å². The third kappa shape index (κ3) is 4.40. The number of ether oxygens (including phenoxy) is 1. The van der Waals surface area contributed by atoms with Gasteiger partial charge in [0.05, 0.1) is 0 Å². The molecule has 4 N–H and O–H groups in total. The van der Waals surface area contributed by atoms with Crippen LogP contribution in [0, 0.1) is 0 Å². The van der Waals surface area contributed by atoms with E-state index in [0.717, 1.165) is 18.5 Å². The van der Waals surface area contributed by atoms with Gasteiger partial charge in [0.2, 0.25) is 0 Å². The van der Waals surface area contributed by atoms with E-state index >= 15 is 0 Å². The fourth-order valence-electron chi connectivity index (χ4n) is 1.69. The normalized spacial score (nSPS) is 14.3. The molecule has 0 bridgehead atoms. The quantitative estimate of drug-likeness (QED) is 0.721. The first kappa shape index (κ1) is 13.6. The molecule has 0 radical (unpaired) electrons. The van der Waals surface area contributed by atoms with E-state index in [9.17, 15) is 4.79 Å². The summed E-state index contributed by atoms with van der Waals surface area (Å²) in [7, 11) is 0. The van der Waals surface area contributed by atoms with E-state index in [1.54, 1.807) is 24.3 Å². The summed E-state index contributed by atoms with van der Waals surface area (Å²) in [6.45, 7) is 0.213. The maximum absolute atomic E-state index is 11.6. The van der Waals surface area contributed by atoms with Gasteiger partial charge < -0.3 is 21.1 Å². The number of nitrogens with one attached hydrogen (secondary N) is 2. The Hall–Kier alpha value is -1.82. The minimum Gasteiger partial charge on any atom is -0.487 e. The Bertz CT molecular complexity index is 457.